The summed E-state index contributed by atoms with van der Waals surface area (Å²) < 4.78 is 33.1. The van der Waals surface area contributed by atoms with Gasteiger partial charge < -0.3 is 4.74 Å². The third-order valence-corrected chi connectivity index (χ3v) is 5.48. The predicted molar refractivity (Wildman–Crippen MR) is 100 cm³/mol. The lowest BCUT2D eigenvalue weighted by atomic mass is 9.97. The molecule has 2 unspecified atom stereocenters. The lowest BCUT2D eigenvalue weighted by molar-refractivity contribution is 0.102. The third kappa shape index (κ3) is 3.19. The number of carbonyl (C=O) groups excluding carboxylic acids is 1. The predicted octanol–water partition coefficient (Wildman–Crippen LogP) is 5.23. The first-order chi connectivity index (χ1) is 12.9. The molecule has 7 heteroatoms. The van der Waals surface area contributed by atoms with E-state index in [9.17, 15) is 13.6 Å². The van der Waals surface area contributed by atoms with E-state index in [-0.39, 0.29) is 29.2 Å². The third-order valence-electron chi connectivity index (χ3n) is 4.72. The van der Waals surface area contributed by atoms with Crippen molar-refractivity contribution in [3.05, 3.63) is 64.5 Å². The molecule has 4 rings (SSSR count). The smallest absolute Gasteiger partial charge is 0.261 e. The number of benzene rings is 2. The van der Waals surface area contributed by atoms with Gasteiger partial charge in [0.05, 0.1) is 11.3 Å². The number of halogens is 2. The average molecular weight is 386 g/mol. The zero-order valence-electron chi connectivity index (χ0n) is 14.6. The lowest BCUT2D eigenvalue weighted by Crippen LogP contribution is -2.14. The van der Waals surface area contributed by atoms with Gasteiger partial charge in [0.25, 0.3) is 5.91 Å². The highest BCUT2D eigenvalue weighted by atomic mass is 32.1. The molecule has 2 aromatic carbocycles. The van der Waals surface area contributed by atoms with Crippen molar-refractivity contribution < 1.29 is 18.3 Å². The van der Waals surface area contributed by atoms with E-state index in [1.807, 2.05) is 19.1 Å². The zero-order valence-corrected chi connectivity index (χ0v) is 15.4. The Morgan fingerprint density at radius 2 is 2.04 bits per heavy atom. The molecule has 0 saturated heterocycles. The Kier molecular flexibility index (Phi) is 4.39. The van der Waals surface area contributed by atoms with Gasteiger partial charge in [0.15, 0.2) is 5.13 Å². The number of aromatic nitrogens is 1. The summed E-state index contributed by atoms with van der Waals surface area (Å²) in [5.41, 5.74) is 1.75. The average Bonchev–Trinajstić information content (AvgIpc) is 3.22. The van der Waals surface area contributed by atoms with Crippen LogP contribution < -0.4 is 10.1 Å². The Labute approximate surface area is 158 Å². The van der Waals surface area contributed by atoms with E-state index in [4.69, 9.17) is 4.74 Å². The molecule has 138 valence electrons. The van der Waals surface area contributed by atoms with E-state index < -0.39 is 11.6 Å². The Morgan fingerprint density at radius 1 is 1.22 bits per heavy atom. The molecule has 2 heterocycles. The van der Waals surface area contributed by atoms with Gasteiger partial charge in [-0.1, -0.05) is 19.1 Å². The first kappa shape index (κ1) is 17.6. The van der Waals surface area contributed by atoms with Crippen LogP contribution in [0.1, 0.15) is 35.7 Å². The maximum Gasteiger partial charge on any atom is 0.261 e. The number of para-hydroxylation sites is 1. The highest BCUT2D eigenvalue weighted by Gasteiger charge is 2.31. The van der Waals surface area contributed by atoms with Gasteiger partial charge in [-0.3, -0.25) is 10.1 Å². The SMILES string of the molecule is CC1Oc2c(C(=O)Nc3nc(-c4cc(F)ccc4F)cs3)cccc2C1C. The van der Waals surface area contributed by atoms with Gasteiger partial charge in [-0.15, -0.1) is 11.3 Å². The van der Waals surface area contributed by atoms with Gasteiger partial charge in [-0.25, -0.2) is 13.8 Å². The van der Waals surface area contributed by atoms with Gasteiger partial charge in [0.1, 0.15) is 23.5 Å². The summed E-state index contributed by atoms with van der Waals surface area (Å²) in [4.78, 5) is 16.9. The molecule has 0 bridgehead atoms. The van der Waals surface area contributed by atoms with Crippen molar-refractivity contribution in [1.29, 1.82) is 0 Å². The number of rotatable bonds is 3. The first-order valence-electron chi connectivity index (χ1n) is 8.46. The van der Waals surface area contributed by atoms with Gasteiger partial charge in [-0.2, -0.15) is 0 Å². The largest absolute Gasteiger partial charge is 0.489 e. The summed E-state index contributed by atoms with van der Waals surface area (Å²) in [7, 11) is 0. The molecule has 0 spiro atoms. The number of nitrogens with zero attached hydrogens (tertiary/aromatic N) is 1. The van der Waals surface area contributed by atoms with Crippen LogP contribution in [0.5, 0.6) is 5.75 Å². The van der Waals surface area contributed by atoms with Crippen molar-refractivity contribution in [2.75, 3.05) is 5.32 Å². The number of nitrogens with one attached hydrogen (secondary N) is 1. The van der Waals surface area contributed by atoms with Gasteiger partial charge >= 0.3 is 0 Å². The highest BCUT2D eigenvalue weighted by molar-refractivity contribution is 7.14. The van der Waals surface area contributed by atoms with Crippen molar-refractivity contribution in [2.24, 2.45) is 0 Å². The monoisotopic (exact) mass is 386 g/mol. The maximum absolute atomic E-state index is 13.9. The number of thiazole rings is 1. The fourth-order valence-corrected chi connectivity index (χ4v) is 3.78. The van der Waals surface area contributed by atoms with Gasteiger partial charge in [0, 0.05) is 22.4 Å². The molecule has 27 heavy (non-hydrogen) atoms. The van der Waals surface area contributed by atoms with Crippen LogP contribution in [-0.4, -0.2) is 17.0 Å². The number of ether oxygens (including phenoxy) is 1. The Hall–Kier alpha value is -2.80. The molecule has 1 N–H and O–H groups in total. The van der Waals surface area contributed by atoms with Crippen LogP contribution >= 0.6 is 11.3 Å². The molecule has 4 nitrogen and oxygen atoms in total. The van der Waals surface area contributed by atoms with E-state index in [1.165, 1.54) is 0 Å². The van der Waals surface area contributed by atoms with Crippen molar-refractivity contribution in [3.8, 4) is 17.0 Å². The molecule has 0 radical (unpaired) electrons. The van der Waals surface area contributed by atoms with Crippen molar-refractivity contribution in [1.82, 2.24) is 4.98 Å². The van der Waals surface area contributed by atoms with Crippen LogP contribution in [0.4, 0.5) is 13.9 Å². The van der Waals surface area contributed by atoms with E-state index in [0.29, 0.717) is 16.4 Å². The molecule has 1 aliphatic heterocycles. The standard InChI is InChI=1S/C20H16F2N2O2S/c1-10-11(2)26-18-13(10)4-3-5-14(18)19(25)24-20-23-17(9-27-20)15-8-12(21)6-7-16(15)22/h3-11H,1-2H3,(H,23,24,25). The Morgan fingerprint density at radius 3 is 2.85 bits per heavy atom. The van der Waals surface area contributed by atoms with Crippen LogP contribution in [0.2, 0.25) is 0 Å². The quantitative estimate of drug-likeness (QED) is 0.671. The molecule has 0 aliphatic carbocycles. The fraction of sp³-hybridized carbons (Fsp3) is 0.200. The minimum atomic E-state index is -0.572. The molecular weight excluding hydrogens is 370 g/mol. The highest BCUT2D eigenvalue weighted by Crippen LogP contribution is 2.40. The minimum Gasteiger partial charge on any atom is -0.489 e. The van der Waals surface area contributed by atoms with E-state index in [0.717, 1.165) is 35.1 Å². The summed E-state index contributed by atoms with van der Waals surface area (Å²) in [6.45, 7) is 4.02. The van der Waals surface area contributed by atoms with Crippen molar-refractivity contribution in [2.45, 2.75) is 25.9 Å². The maximum atomic E-state index is 13.9. The second-order valence-electron chi connectivity index (χ2n) is 6.45. The summed E-state index contributed by atoms with van der Waals surface area (Å²) >= 11 is 1.14. The molecule has 1 amide bonds. The molecule has 1 aliphatic rings. The topological polar surface area (TPSA) is 51.2 Å². The van der Waals surface area contributed by atoms with Crippen molar-refractivity contribution >= 4 is 22.4 Å². The minimum absolute atomic E-state index is 0.00336. The Bertz CT molecular complexity index is 1030. The molecule has 3 aromatic rings. The van der Waals surface area contributed by atoms with Gasteiger partial charge in [0.2, 0.25) is 0 Å². The number of anilines is 1. The number of amides is 1. The Balaban J connectivity index is 1.59. The first-order valence-corrected chi connectivity index (χ1v) is 9.34. The summed E-state index contributed by atoms with van der Waals surface area (Å²) in [6.07, 6.45) is -0.00336. The summed E-state index contributed by atoms with van der Waals surface area (Å²) in [5.74, 6) is -0.686. The second-order valence-corrected chi connectivity index (χ2v) is 7.31. The number of hydrogen-bond acceptors (Lipinski definition) is 4. The summed E-state index contributed by atoms with van der Waals surface area (Å²) in [5, 5.41) is 4.59. The zero-order chi connectivity index (χ0) is 19.1. The van der Waals surface area contributed by atoms with Crippen LogP contribution in [0, 0.1) is 11.6 Å². The second kappa shape index (κ2) is 6.74. The lowest BCUT2D eigenvalue weighted by Gasteiger charge is -2.09. The number of carbonyl (C=O) groups is 1. The van der Waals surface area contributed by atoms with Crippen LogP contribution in [0.3, 0.4) is 0 Å². The van der Waals surface area contributed by atoms with Crippen LogP contribution in [-0.2, 0) is 0 Å². The van der Waals surface area contributed by atoms with E-state index in [1.54, 1.807) is 11.4 Å². The number of hydrogen-bond donors (Lipinski definition) is 1. The number of fused-ring (bicyclic) bond motifs is 1. The molecule has 1 aromatic heterocycles. The molecule has 2 atom stereocenters. The normalized spacial score (nSPS) is 18.1. The van der Waals surface area contributed by atoms with Crippen LogP contribution in [0.25, 0.3) is 11.3 Å². The molecule has 0 fully saturated rings. The van der Waals surface area contributed by atoms with Gasteiger partial charge in [-0.05, 0) is 31.2 Å². The van der Waals surface area contributed by atoms with Crippen LogP contribution in [0.15, 0.2) is 41.8 Å². The van der Waals surface area contributed by atoms with Crippen molar-refractivity contribution in [3.63, 3.8) is 0 Å². The summed E-state index contributed by atoms with van der Waals surface area (Å²) in [6, 6.07) is 8.65. The van der Waals surface area contributed by atoms with E-state index in [2.05, 4.69) is 17.2 Å². The molecular formula is C20H16F2N2O2S. The molecule has 0 saturated carbocycles. The van der Waals surface area contributed by atoms with E-state index >= 15 is 0 Å². The fourth-order valence-electron chi connectivity index (χ4n) is 3.08.